The molecule has 6 heteroatoms. The van der Waals surface area contributed by atoms with Gasteiger partial charge in [-0.1, -0.05) is 0 Å². The number of carbonyl (C=O) groups is 1. The van der Waals surface area contributed by atoms with Crippen molar-refractivity contribution in [1.29, 1.82) is 0 Å². The van der Waals surface area contributed by atoms with E-state index in [2.05, 4.69) is 15.0 Å². The van der Waals surface area contributed by atoms with Gasteiger partial charge in [-0.05, 0) is 32.4 Å². The number of aromatic amines is 1. The van der Waals surface area contributed by atoms with Crippen molar-refractivity contribution in [2.75, 3.05) is 18.8 Å². The third kappa shape index (κ3) is 3.30. The van der Waals surface area contributed by atoms with E-state index in [4.69, 9.17) is 0 Å². The zero-order valence-corrected chi connectivity index (χ0v) is 13.0. The van der Waals surface area contributed by atoms with Gasteiger partial charge in [0.25, 0.3) is 0 Å². The largest absolute Gasteiger partial charge is 0.343 e. The molecule has 20 heavy (non-hydrogen) atoms. The summed E-state index contributed by atoms with van der Waals surface area (Å²) in [4.78, 5) is 25.7. The summed E-state index contributed by atoms with van der Waals surface area (Å²) in [6.45, 7) is 7.57. The number of thioether (sulfide) groups is 1. The highest BCUT2D eigenvalue weighted by Crippen LogP contribution is 2.16. The Kier molecular flexibility index (Phi) is 5.00. The molecule has 0 aliphatic heterocycles. The first-order valence-corrected chi connectivity index (χ1v) is 7.96. The lowest BCUT2D eigenvalue weighted by atomic mass is 10.3. The van der Waals surface area contributed by atoms with Crippen molar-refractivity contribution in [2.24, 2.45) is 0 Å². The zero-order chi connectivity index (χ0) is 14.5. The number of hydrogen-bond acceptors (Lipinski definition) is 4. The number of amides is 1. The third-order valence-electron chi connectivity index (χ3n) is 3.23. The summed E-state index contributed by atoms with van der Waals surface area (Å²) in [6.07, 6.45) is 1.76. The van der Waals surface area contributed by atoms with Crippen molar-refractivity contribution >= 4 is 28.8 Å². The van der Waals surface area contributed by atoms with Gasteiger partial charge in [0.05, 0.1) is 17.0 Å². The van der Waals surface area contributed by atoms with Gasteiger partial charge in [-0.25, -0.2) is 9.97 Å². The molecule has 0 spiro atoms. The minimum Gasteiger partial charge on any atom is -0.343 e. The van der Waals surface area contributed by atoms with Crippen LogP contribution in [0.1, 0.15) is 25.2 Å². The number of pyridine rings is 1. The van der Waals surface area contributed by atoms with Crippen LogP contribution in [0.3, 0.4) is 0 Å². The Morgan fingerprint density at radius 3 is 2.80 bits per heavy atom. The number of nitrogens with zero attached hydrogens (tertiary/aromatic N) is 3. The number of H-pyrrole nitrogens is 1. The van der Waals surface area contributed by atoms with Gasteiger partial charge in [0.2, 0.25) is 5.91 Å². The first-order chi connectivity index (χ1) is 9.65. The number of carbonyl (C=O) groups excluding carboxylic acids is 1. The molecule has 2 aromatic heterocycles. The van der Waals surface area contributed by atoms with Crippen molar-refractivity contribution in [2.45, 2.75) is 26.5 Å². The van der Waals surface area contributed by atoms with Crippen molar-refractivity contribution in [1.82, 2.24) is 19.9 Å². The normalized spacial score (nSPS) is 10.9. The van der Waals surface area contributed by atoms with Crippen LogP contribution in [0.15, 0.2) is 12.3 Å². The number of nitrogens with one attached hydrogen (secondary N) is 1. The lowest BCUT2D eigenvalue weighted by Gasteiger charge is -2.17. The van der Waals surface area contributed by atoms with Crippen LogP contribution >= 0.6 is 11.8 Å². The molecule has 0 saturated carbocycles. The van der Waals surface area contributed by atoms with Gasteiger partial charge in [-0.2, -0.15) is 0 Å². The molecule has 0 aliphatic carbocycles. The molecular formula is C14H20N4OS. The van der Waals surface area contributed by atoms with Gasteiger partial charge in [0.1, 0.15) is 5.82 Å². The molecule has 0 saturated heterocycles. The first-order valence-electron chi connectivity index (χ1n) is 6.81. The second kappa shape index (κ2) is 6.74. The van der Waals surface area contributed by atoms with Gasteiger partial charge in [0.15, 0.2) is 5.65 Å². The Morgan fingerprint density at radius 1 is 1.40 bits per heavy atom. The van der Waals surface area contributed by atoms with Crippen LogP contribution in [0.5, 0.6) is 0 Å². The van der Waals surface area contributed by atoms with Gasteiger partial charge in [0, 0.05) is 19.3 Å². The zero-order valence-electron chi connectivity index (χ0n) is 12.1. The average molecular weight is 292 g/mol. The number of fused-ring (bicyclic) bond motifs is 1. The summed E-state index contributed by atoms with van der Waals surface area (Å²) in [6, 6.07) is 1.96. The number of aromatic nitrogens is 3. The fourth-order valence-electron chi connectivity index (χ4n) is 2.05. The Labute approximate surface area is 123 Å². The van der Waals surface area contributed by atoms with Gasteiger partial charge in [-0.3, -0.25) is 4.79 Å². The third-order valence-corrected chi connectivity index (χ3v) is 4.16. The minimum absolute atomic E-state index is 0.186. The van der Waals surface area contributed by atoms with Crippen molar-refractivity contribution in [3.8, 4) is 0 Å². The summed E-state index contributed by atoms with van der Waals surface area (Å²) < 4.78 is 0. The Balaban J connectivity index is 1.93. The monoisotopic (exact) mass is 292 g/mol. The quantitative estimate of drug-likeness (QED) is 0.888. The van der Waals surface area contributed by atoms with Crippen molar-refractivity contribution in [3.05, 3.63) is 23.7 Å². The van der Waals surface area contributed by atoms with Gasteiger partial charge >= 0.3 is 0 Å². The van der Waals surface area contributed by atoms with Crippen LogP contribution in [-0.2, 0) is 10.5 Å². The lowest BCUT2D eigenvalue weighted by molar-refractivity contribution is -0.127. The molecule has 1 N–H and O–H groups in total. The van der Waals surface area contributed by atoms with E-state index in [0.717, 1.165) is 35.6 Å². The van der Waals surface area contributed by atoms with E-state index in [1.807, 2.05) is 31.7 Å². The number of imidazole rings is 1. The highest BCUT2D eigenvalue weighted by Gasteiger charge is 2.11. The summed E-state index contributed by atoms with van der Waals surface area (Å²) in [5.74, 6) is 2.25. The maximum Gasteiger partial charge on any atom is 0.232 e. The van der Waals surface area contributed by atoms with Gasteiger partial charge < -0.3 is 9.88 Å². The Morgan fingerprint density at radius 2 is 2.15 bits per heavy atom. The van der Waals surface area contributed by atoms with E-state index in [-0.39, 0.29) is 5.91 Å². The molecule has 1 amide bonds. The highest BCUT2D eigenvalue weighted by atomic mass is 32.2. The predicted molar refractivity (Wildman–Crippen MR) is 82.7 cm³/mol. The van der Waals surface area contributed by atoms with Crippen LogP contribution in [0.25, 0.3) is 11.2 Å². The van der Waals surface area contributed by atoms with Gasteiger partial charge in [-0.15, -0.1) is 11.8 Å². The van der Waals surface area contributed by atoms with Crippen LogP contribution in [-0.4, -0.2) is 44.6 Å². The van der Waals surface area contributed by atoms with Crippen molar-refractivity contribution in [3.63, 3.8) is 0 Å². The lowest BCUT2D eigenvalue weighted by Crippen LogP contribution is -2.31. The maximum atomic E-state index is 11.9. The highest BCUT2D eigenvalue weighted by molar-refractivity contribution is 7.99. The van der Waals surface area contributed by atoms with E-state index >= 15 is 0 Å². The molecule has 0 fully saturated rings. The van der Waals surface area contributed by atoms with Crippen LogP contribution in [0.2, 0.25) is 0 Å². The smallest absolute Gasteiger partial charge is 0.232 e. The summed E-state index contributed by atoms with van der Waals surface area (Å²) in [5, 5.41) is 0. The predicted octanol–water partition coefficient (Wildman–Crippen LogP) is 2.37. The minimum atomic E-state index is 0.186. The first kappa shape index (κ1) is 14.8. The topological polar surface area (TPSA) is 61.9 Å². The second-order valence-electron chi connectivity index (χ2n) is 4.57. The molecule has 0 bridgehead atoms. The SMILES string of the molecule is CCN(CC)C(=O)CSCc1nc2nccc(C)c2[nH]1. The molecule has 0 aromatic carbocycles. The van der Waals surface area contributed by atoms with E-state index in [1.54, 1.807) is 18.0 Å². The molecule has 0 atom stereocenters. The van der Waals surface area contributed by atoms with Crippen LogP contribution in [0, 0.1) is 6.92 Å². The fourth-order valence-corrected chi connectivity index (χ4v) is 2.84. The number of hydrogen-bond donors (Lipinski definition) is 1. The van der Waals surface area contributed by atoms with Crippen LogP contribution in [0.4, 0.5) is 0 Å². The molecule has 5 nitrogen and oxygen atoms in total. The molecule has 2 aromatic rings. The number of aryl methyl sites for hydroxylation is 1. The van der Waals surface area contributed by atoms with E-state index in [0.29, 0.717) is 11.5 Å². The Bertz CT molecular complexity index is 592. The van der Waals surface area contributed by atoms with E-state index < -0.39 is 0 Å². The average Bonchev–Trinajstić information content (AvgIpc) is 2.84. The van der Waals surface area contributed by atoms with E-state index in [1.165, 1.54) is 0 Å². The van der Waals surface area contributed by atoms with Crippen LogP contribution < -0.4 is 0 Å². The Hall–Kier alpha value is -1.56. The number of rotatable bonds is 6. The maximum absolute atomic E-state index is 11.9. The molecule has 108 valence electrons. The molecular weight excluding hydrogens is 272 g/mol. The standard InChI is InChI=1S/C14H20N4OS/c1-4-18(5-2)12(19)9-20-8-11-16-13-10(3)6-7-15-14(13)17-11/h6-7H,4-5,8-9H2,1-3H3,(H,15,16,17). The second-order valence-corrected chi connectivity index (χ2v) is 5.55. The van der Waals surface area contributed by atoms with E-state index in [9.17, 15) is 4.79 Å². The fraction of sp³-hybridized carbons (Fsp3) is 0.500. The molecule has 2 rings (SSSR count). The molecule has 0 radical (unpaired) electrons. The summed E-state index contributed by atoms with van der Waals surface area (Å²) in [7, 11) is 0. The molecule has 0 aliphatic rings. The molecule has 0 unspecified atom stereocenters. The summed E-state index contributed by atoms with van der Waals surface area (Å²) in [5.41, 5.74) is 2.87. The summed E-state index contributed by atoms with van der Waals surface area (Å²) >= 11 is 1.58. The molecule has 2 heterocycles. The van der Waals surface area contributed by atoms with Crippen molar-refractivity contribution < 1.29 is 4.79 Å².